The highest BCUT2D eigenvalue weighted by Crippen LogP contribution is 2.01. The summed E-state index contributed by atoms with van der Waals surface area (Å²) in [4.78, 5) is 11.3. The first kappa shape index (κ1) is 9.92. The van der Waals surface area contributed by atoms with E-state index in [1.165, 1.54) is 0 Å². The van der Waals surface area contributed by atoms with Crippen molar-refractivity contribution >= 4 is 5.78 Å². The van der Waals surface area contributed by atoms with Crippen LogP contribution in [0.5, 0.6) is 0 Å². The van der Waals surface area contributed by atoms with Gasteiger partial charge in [0.15, 0.2) is 0 Å². The molecular formula is C9H15N3O. The van der Waals surface area contributed by atoms with Crippen molar-refractivity contribution in [2.24, 2.45) is 5.73 Å². The Kier molecular flexibility index (Phi) is 3.64. The summed E-state index contributed by atoms with van der Waals surface area (Å²) < 4.78 is 0. The summed E-state index contributed by atoms with van der Waals surface area (Å²) in [6.07, 6.45) is 1.75. The van der Waals surface area contributed by atoms with Gasteiger partial charge in [-0.25, -0.2) is 0 Å². The fourth-order valence-corrected chi connectivity index (χ4v) is 1.15. The van der Waals surface area contributed by atoms with Gasteiger partial charge in [-0.15, -0.1) is 0 Å². The van der Waals surface area contributed by atoms with E-state index in [0.29, 0.717) is 19.4 Å². The first-order valence-electron chi connectivity index (χ1n) is 4.45. The second kappa shape index (κ2) is 4.77. The number of aromatic amines is 1. The van der Waals surface area contributed by atoms with Gasteiger partial charge in [0.25, 0.3) is 0 Å². The van der Waals surface area contributed by atoms with Crippen LogP contribution in [-0.4, -0.2) is 22.5 Å². The van der Waals surface area contributed by atoms with Gasteiger partial charge >= 0.3 is 0 Å². The number of Topliss-reactive ketones (excluding diaryl/α,β-unsaturated/α-hetero) is 1. The molecule has 0 unspecified atom stereocenters. The number of aryl methyl sites for hydroxylation is 1. The molecule has 1 aromatic rings. The normalized spacial score (nSPS) is 10.3. The third-order valence-corrected chi connectivity index (χ3v) is 1.80. The summed E-state index contributed by atoms with van der Waals surface area (Å²) in [6.45, 7) is 2.49. The molecule has 0 radical (unpaired) electrons. The third kappa shape index (κ3) is 3.38. The Balaban J connectivity index is 2.36. The van der Waals surface area contributed by atoms with E-state index in [1.807, 2.05) is 13.0 Å². The summed E-state index contributed by atoms with van der Waals surface area (Å²) in [5.41, 5.74) is 7.11. The van der Waals surface area contributed by atoms with Gasteiger partial charge in [-0.05, 0) is 26.0 Å². The van der Waals surface area contributed by atoms with Crippen LogP contribution in [0.3, 0.4) is 0 Å². The minimum absolute atomic E-state index is 0.206. The van der Waals surface area contributed by atoms with Crippen molar-refractivity contribution in [3.63, 3.8) is 0 Å². The molecule has 0 aromatic carbocycles. The van der Waals surface area contributed by atoms with E-state index in [9.17, 15) is 4.79 Å². The van der Waals surface area contributed by atoms with Crippen molar-refractivity contribution in [1.29, 1.82) is 0 Å². The Morgan fingerprint density at radius 3 is 3.00 bits per heavy atom. The Morgan fingerprint density at radius 2 is 2.46 bits per heavy atom. The Hall–Kier alpha value is -1.16. The molecule has 1 rings (SSSR count). The fraction of sp³-hybridized carbons (Fsp3) is 0.556. The van der Waals surface area contributed by atoms with E-state index in [4.69, 9.17) is 5.73 Å². The number of hydrogen-bond acceptors (Lipinski definition) is 3. The van der Waals surface area contributed by atoms with Crippen LogP contribution in [0.2, 0.25) is 0 Å². The Morgan fingerprint density at radius 1 is 1.69 bits per heavy atom. The molecule has 0 fully saturated rings. The molecule has 1 heterocycles. The molecule has 0 spiro atoms. The SMILES string of the molecule is Cc1cc(CC(=O)CCCN)n[nH]1. The van der Waals surface area contributed by atoms with E-state index in [0.717, 1.165) is 17.8 Å². The lowest BCUT2D eigenvalue weighted by Gasteiger charge is -1.95. The van der Waals surface area contributed by atoms with Gasteiger partial charge in [0.2, 0.25) is 0 Å². The molecule has 4 nitrogen and oxygen atoms in total. The van der Waals surface area contributed by atoms with Crippen LogP contribution in [0.1, 0.15) is 24.2 Å². The molecule has 4 heteroatoms. The van der Waals surface area contributed by atoms with Gasteiger partial charge in [0, 0.05) is 12.1 Å². The molecule has 0 atom stereocenters. The smallest absolute Gasteiger partial charge is 0.138 e. The first-order valence-corrected chi connectivity index (χ1v) is 4.45. The lowest BCUT2D eigenvalue weighted by atomic mass is 10.1. The van der Waals surface area contributed by atoms with Crippen LogP contribution in [0.4, 0.5) is 0 Å². The van der Waals surface area contributed by atoms with Crippen molar-refractivity contribution < 1.29 is 4.79 Å². The topological polar surface area (TPSA) is 71.8 Å². The highest BCUT2D eigenvalue weighted by atomic mass is 16.1. The van der Waals surface area contributed by atoms with E-state index in [1.54, 1.807) is 0 Å². The summed E-state index contributed by atoms with van der Waals surface area (Å²) >= 11 is 0. The number of nitrogens with zero attached hydrogens (tertiary/aromatic N) is 1. The molecule has 13 heavy (non-hydrogen) atoms. The molecule has 0 bridgehead atoms. The van der Waals surface area contributed by atoms with Crippen LogP contribution >= 0.6 is 0 Å². The number of ketones is 1. The minimum Gasteiger partial charge on any atom is -0.330 e. The Labute approximate surface area is 77.5 Å². The number of aromatic nitrogens is 2. The zero-order valence-corrected chi connectivity index (χ0v) is 7.84. The van der Waals surface area contributed by atoms with Crippen LogP contribution in [0, 0.1) is 6.92 Å². The summed E-state index contributed by atoms with van der Waals surface area (Å²) in [6, 6.07) is 1.89. The molecular weight excluding hydrogens is 166 g/mol. The Bertz CT molecular complexity index is 280. The fourth-order valence-electron chi connectivity index (χ4n) is 1.15. The summed E-state index contributed by atoms with van der Waals surface area (Å²) in [7, 11) is 0. The quantitative estimate of drug-likeness (QED) is 0.697. The monoisotopic (exact) mass is 181 g/mol. The predicted molar refractivity (Wildman–Crippen MR) is 50.3 cm³/mol. The number of carbonyl (C=O) groups excluding carboxylic acids is 1. The van der Waals surface area contributed by atoms with Gasteiger partial charge < -0.3 is 5.73 Å². The van der Waals surface area contributed by atoms with Crippen molar-refractivity contribution in [3.8, 4) is 0 Å². The predicted octanol–water partition coefficient (Wildman–Crippen LogP) is 0.569. The second-order valence-corrected chi connectivity index (χ2v) is 3.15. The number of H-pyrrole nitrogens is 1. The van der Waals surface area contributed by atoms with Crippen LogP contribution in [0.25, 0.3) is 0 Å². The minimum atomic E-state index is 0.206. The lowest BCUT2D eigenvalue weighted by molar-refractivity contribution is -0.118. The average molecular weight is 181 g/mol. The van der Waals surface area contributed by atoms with Crippen LogP contribution in [-0.2, 0) is 11.2 Å². The molecule has 0 aliphatic rings. The van der Waals surface area contributed by atoms with E-state index >= 15 is 0 Å². The summed E-state index contributed by atoms with van der Waals surface area (Å²) in [5, 5.41) is 6.79. The van der Waals surface area contributed by atoms with Crippen LogP contribution in [0.15, 0.2) is 6.07 Å². The highest BCUT2D eigenvalue weighted by Gasteiger charge is 2.05. The lowest BCUT2D eigenvalue weighted by Crippen LogP contribution is -2.07. The largest absolute Gasteiger partial charge is 0.330 e. The maximum atomic E-state index is 11.3. The zero-order chi connectivity index (χ0) is 9.68. The number of nitrogens with one attached hydrogen (secondary N) is 1. The van der Waals surface area contributed by atoms with E-state index in [-0.39, 0.29) is 5.78 Å². The molecule has 0 amide bonds. The second-order valence-electron chi connectivity index (χ2n) is 3.15. The third-order valence-electron chi connectivity index (χ3n) is 1.80. The van der Waals surface area contributed by atoms with Gasteiger partial charge in [-0.2, -0.15) is 5.10 Å². The molecule has 0 saturated carbocycles. The average Bonchev–Trinajstić information content (AvgIpc) is 2.48. The van der Waals surface area contributed by atoms with Crippen molar-refractivity contribution in [3.05, 3.63) is 17.5 Å². The van der Waals surface area contributed by atoms with Crippen LogP contribution < -0.4 is 5.73 Å². The number of carbonyl (C=O) groups is 1. The van der Waals surface area contributed by atoms with Crippen molar-refractivity contribution in [2.75, 3.05) is 6.54 Å². The highest BCUT2D eigenvalue weighted by molar-refractivity contribution is 5.80. The first-order chi connectivity index (χ1) is 6.22. The molecule has 0 aliphatic heterocycles. The molecule has 72 valence electrons. The summed E-state index contributed by atoms with van der Waals surface area (Å²) in [5.74, 6) is 0.206. The maximum Gasteiger partial charge on any atom is 0.138 e. The molecule has 1 aromatic heterocycles. The van der Waals surface area contributed by atoms with E-state index < -0.39 is 0 Å². The van der Waals surface area contributed by atoms with Gasteiger partial charge in [-0.3, -0.25) is 9.89 Å². The molecule has 3 N–H and O–H groups in total. The number of nitrogens with two attached hydrogens (primary N) is 1. The zero-order valence-electron chi connectivity index (χ0n) is 7.84. The van der Waals surface area contributed by atoms with Gasteiger partial charge in [0.05, 0.1) is 12.1 Å². The number of hydrogen-bond donors (Lipinski definition) is 2. The molecule has 0 aliphatic carbocycles. The van der Waals surface area contributed by atoms with E-state index in [2.05, 4.69) is 10.2 Å². The van der Waals surface area contributed by atoms with Crippen molar-refractivity contribution in [1.82, 2.24) is 10.2 Å². The molecule has 0 saturated heterocycles. The van der Waals surface area contributed by atoms with Gasteiger partial charge in [-0.1, -0.05) is 0 Å². The van der Waals surface area contributed by atoms with Gasteiger partial charge in [0.1, 0.15) is 5.78 Å². The standard InChI is InChI=1S/C9H15N3O/c1-7-5-8(12-11-7)6-9(13)3-2-4-10/h5H,2-4,6,10H2,1H3,(H,11,12). The number of rotatable bonds is 5. The van der Waals surface area contributed by atoms with Crippen molar-refractivity contribution in [2.45, 2.75) is 26.2 Å². The maximum absolute atomic E-state index is 11.3.